The first kappa shape index (κ1) is 17.0. The molecule has 2 saturated heterocycles. The summed E-state index contributed by atoms with van der Waals surface area (Å²) in [5, 5.41) is 16.2. The van der Waals surface area contributed by atoms with E-state index in [1.54, 1.807) is 0 Å². The molecule has 2 aliphatic heterocycles. The molecule has 1 aromatic carbocycles. The second-order valence-electron chi connectivity index (χ2n) is 8.10. The minimum atomic E-state index is -0.675. The molecule has 0 bridgehead atoms. The second-order valence-corrected chi connectivity index (χ2v) is 8.10. The first-order valence-electron chi connectivity index (χ1n) is 9.62. The van der Waals surface area contributed by atoms with Crippen LogP contribution >= 0.6 is 0 Å². The van der Waals surface area contributed by atoms with Crippen LogP contribution in [0.25, 0.3) is 0 Å². The Morgan fingerprint density at radius 3 is 2.56 bits per heavy atom. The maximum Gasteiger partial charge on any atom is 0.305 e. The molecule has 1 saturated carbocycles. The number of benzene rings is 1. The predicted molar refractivity (Wildman–Crippen MR) is 97.7 cm³/mol. The average Bonchev–Trinajstić information content (AvgIpc) is 3.37. The van der Waals surface area contributed by atoms with Crippen molar-refractivity contribution in [1.82, 2.24) is 15.5 Å². The molecule has 0 radical (unpaired) electrons. The zero-order valence-electron chi connectivity index (χ0n) is 14.8. The SMILES string of the molecule is O=C(O)CC1(N2CCC(CNC3CC3c3ccccc3)CC2)CNC1. The quantitative estimate of drug-likeness (QED) is 0.703. The van der Waals surface area contributed by atoms with E-state index >= 15 is 0 Å². The van der Waals surface area contributed by atoms with Gasteiger partial charge in [-0.25, -0.2) is 0 Å². The van der Waals surface area contributed by atoms with Crippen LogP contribution in [0, 0.1) is 5.92 Å². The molecule has 2 atom stereocenters. The highest BCUT2D eigenvalue weighted by Crippen LogP contribution is 2.41. The summed E-state index contributed by atoms with van der Waals surface area (Å²) in [5.41, 5.74) is 1.34. The van der Waals surface area contributed by atoms with Crippen LogP contribution in [0.4, 0.5) is 0 Å². The van der Waals surface area contributed by atoms with Crippen molar-refractivity contribution in [3.63, 3.8) is 0 Å². The van der Waals surface area contributed by atoms with Crippen LogP contribution in [0.3, 0.4) is 0 Å². The van der Waals surface area contributed by atoms with Crippen molar-refractivity contribution in [3.8, 4) is 0 Å². The number of hydrogen-bond donors (Lipinski definition) is 3. The Kier molecular flexibility index (Phi) is 4.80. The second kappa shape index (κ2) is 7.06. The number of nitrogens with one attached hydrogen (secondary N) is 2. The van der Waals surface area contributed by atoms with E-state index in [4.69, 9.17) is 0 Å². The monoisotopic (exact) mass is 343 g/mol. The van der Waals surface area contributed by atoms with Crippen molar-refractivity contribution in [3.05, 3.63) is 35.9 Å². The van der Waals surface area contributed by atoms with Crippen molar-refractivity contribution in [1.29, 1.82) is 0 Å². The van der Waals surface area contributed by atoms with Gasteiger partial charge in [0.2, 0.25) is 0 Å². The van der Waals surface area contributed by atoms with Gasteiger partial charge in [-0.05, 0) is 50.4 Å². The molecule has 1 aliphatic carbocycles. The Morgan fingerprint density at radius 1 is 1.24 bits per heavy atom. The van der Waals surface area contributed by atoms with E-state index in [1.807, 2.05) is 0 Å². The summed E-state index contributed by atoms with van der Waals surface area (Å²) in [5.74, 6) is 0.746. The average molecular weight is 343 g/mol. The van der Waals surface area contributed by atoms with Crippen LogP contribution in [0.5, 0.6) is 0 Å². The first-order chi connectivity index (χ1) is 12.2. The number of hydrogen-bond acceptors (Lipinski definition) is 4. The highest BCUT2D eigenvalue weighted by atomic mass is 16.4. The summed E-state index contributed by atoms with van der Waals surface area (Å²) in [6, 6.07) is 11.5. The van der Waals surface area contributed by atoms with Gasteiger partial charge in [0.15, 0.2) is 0 Å². The number of piperidine rings is 1. The molecule has 0 spiro atoms. The predicted octanol–water partition coefficient (Wildman–Crippen LogP) is 1.66. The van der Waals surface area contributed by atoms with Gasteiger partial charge in [-0.1, -0.05) is 30.3 Å². The van der Waals surface area contributed by atoms with Crippen LogP contribution in [-0.4, -0.2) is 60.3 Å². The fourth-order valence-electron chi connectivity index (χ4n) is 4.57. The fourth-order valence-corrected chi connectivity index (χ4v) is 4.57. The van der Waals surface area contributed by atoms with Gasteiger partial charge in [-0.2, -0.15) is 0 Å². The summed E-state index contributed by atoms with van der Waals surface area (Å²) in [6.07, 6.45) is 3.88. The molecule has 5 nitrogen and oxygen atoms in total. The Morgan fingerprint density at radius 2 is 1.96 bits per heavy atom. The van der Waals surface area contributed by atoms with Gasteiger partial charge in [-0.3, -0.25) is 9.69 Å². The topological polar surface area (TPSA) is 64.6 Å². The summed E-state index contributed by atoms with van der Waals surface area (Å²) in [6.45, 7) is 4.82. The number of aliphatic carboxylic acids is 1. The molecule has 5 heteroatoms. The molecule has 25 heavy (non-hydrogen) atoms. The Labute approximate surface area is 149 Å². The normalized spacial score (nSPS) is 29.1. The largest absolute Gasteiger partial charge is 0.481 e. The lowest BCUT2D eigenvalue weighted by Gasteiger charge is -2.52. The number of carboxylic acid groups (broad SMARTS) is 1. The van der Waals surface area contributed by atoms with Crippen molar-refractivity contribution >= 4 is 5.97 Å². The van der Waals surface area contributed by atoms with E-state index in [1.165, 1.54) is 24.8 Å². The Hall–Kier alpha value is -1.43. The number of carboxylic acids is 1. The first-order valence-corrected chi connectivity index (χ1v) is 9.62. The molecule has 0 aromatic heterocycles. The molecule has 3 N–H and O–H groups in total. The molecule has 3 aliphatic rings. The van der Waals surface area contributed by atoms with Crippen molar-refractivity contribution in [2.45, 2.75) is 43.2 Å². The van der Waals surface area contributed by atoms with E-state index in [2.05, 4.69) is 45.9 Å². The van der Waals surface area contributed by atoms with Gasteiger partial charge in [-0.15, -0.1) is 0 Å². The van der Waals surface area contributed by atoms with Crippen molar-refractivity contribution < 1.29 is 9.90 Å². The molecular formula is C20H29N3O2. The lowest BCUT2D eigenvalue weighted by atomic mass is 9.83. The third-order valence-corrected chi connectivity index (χ3v) is 6.36. The molecule has 2 unspecified atom stereocenters. The molecule has 2 heterocycles. The third kappa shape index (κ3) is 3.73. The highest BCUT2D eigenvalue weighted by Gasteiger charge is 2.45. The van der Waals surface area contributed by atoms with Gasteiger partial charge in [0, 0.05) is 25.0 Å². The van der Waals surface area contributed by atoms with Gasteiger partial charge in [0.05, 0.1) is 12.0 Å². The van der Waals surface area contributed by atoms with Crippen LogP contribution in [0.1, 0.15) is 37.2 Å². The number of carbonyl (C=O) groups is 1. The number of nitrogens with zero attached hydrogens (tertiary/aromatic N) is 1. The highest BCUT2D eigenvalue weighted by molar-refractivity contribution is 5.68. The van der Waals surface area contributed by atoms with Crippen LogP contribution in [0.2, 0.25) is 0 Å². The number of likely N-dealkylation sites (tertiary alicyclic amines) is 1. The molecule has 136 valence electrons. The Bertz CT molecular complexity index is 594. The van der Waals surface area contributed by atoms with Gasteiger partial charge in [0.25, 0.3) is 0 Å². The summed E-state index contributed by atoms with van der Waals surface area (Å²) >= 11 is 0. The molecule has 1 aromatic rings. The maximum atomic E-state index is 11.2. The van der Waals surface area contributed by atoms with Crippen LogP contribution in [-0.2, 0) is 4.79 Å². The van der Waals surface area contributed by atoms with E-state index < -0.39 is 5.97 Å². The van der Waals surface area contributed by atoms with Gasteiger partial charge < -0.3 is 15.7 Å². The smallest absolute Gasteiger partial charge is 0.305 e. The van der Waals surface area contributed by atoms with Crippen LogP contribution in [0.15, 0.2) is 30.3 Å². The molecule has 4 rings (SSSR count). The van der Waals surface area contributed by atoms with E-state index in [0.717, 1.165) is 38.6 Å². The van der Waals surface area contributed by atoms with E-state index in [0.29, 0.717) is 12.0 Å². The molecule has 3 fully saturated rings. The van der Waals surface area contributed by atoms with Crippen molar-refractivity contribution in [2.24, 2.45) is 5.92 Å². The zero-order valence-corrected chi connectivity index (χ0v) is 14.8. The summed E-state index contributed by atoms with van der Waals surface area (Å²) < 4.78 is 0. The molecule has 0 amide bonds. The van der Waals surface area contributed by atoms with E-state index in [-0.39, 0.29) is 12.0 Å². The number of rotatable bonds is 7. The minimum Gasteiger partial charge on any atom is -0.481 e. The molecular weight excluding hydrogens is 314 g/mol. The lowest BCUT2D eigenvalue weighted by molar-refractivity contribution is -0.142. The summed E-state index contributed by atoms with van der Waals surface area (Å²) in [4.78, 5) is 13.6. The van der Waals surface area contributed by atoms with Gasteiger partial charge in [0.1, 0.15) is 0 Å². The standard InChI is InChI=1S/C20H29N3O2/c24-19(25)11-20(13-21-14-20)23-8-6-15(7-9-23)12-22-18-10-17(18)16-4-2-1-3-5-16/h1-5,15,17-18,21-22H,6-14H2,(H,24,25). The third-order valence-electron chi connectivity index (χ3n) is 6.36. The maximum absolute atomic E-state index is 11.2. The summed E-state index contributed by atoms with van der Waals surface area (Å²) in [7, 11) is 0. The van der Waals surface area contributed by atoms with Gasteiger partial charge >= 0.3 is 5.97 Å². The minimum absolute atomic E-state index is 0.126. The Balaban J connectivity index is 1.20. The van der Waals surface area contributed by atoms with Crippen LogP contribution < -0.4 is 10.6 Å². The zero-order chi connectivity index (χ0) is 17.3. The lowest BCUT2D eigenvalue weighted by Crippen LogP contribution is -2.70. The van der Waals surface area contributed by atoms with Crippen molar-refractivity contribution in [2.75, 3.05) is 32.7 Å². The fraction of sp³-hybridized carbons (Fsp3) is 0.650. The van der Waals surface area contributed by atoms with E-state index in [9.17, 15) is 9.90 Å².